The number of Topliss-reactive ketones (excluding diaryl/α,β-unsaturated/α-hetero) is 1. The summed E-state index contributed by atoms with van der Waals surface area (Å²) in [6.45, 7) is 2.11. The molecule has 0 aromatic heterocycles. The summed E-state index contributed by atoms with van der Waals surface area (Å²) in [6.07, 6.45) is 0.783. The number of hydrogen-bond donors (Lipinski definition) is 0. The molecule has 92 valence electrons. The van der Waals surface area contributed by atoms with Crippen LogP contribution in [0.5, 0.6) is 0 Å². The zero-order valence-corrected chi connectivity index (χ0v) is 11.3. The average molecular weight is 299 g/mol. The third-order valence-electron chi connectivity index (χ3n) is 2.23. The maximum atomic E-state index is 11.6. The quantitative estimate of drug-likeness (QED) is 0.759. The van der Waals surface area contributed by atoms with Crippen LogP contribution in [0.2, 0.25) is 0 Å². The van der Waals surface area contributed by atoms with E-state index in [1.807, 2.05) is 24.3 Å². The Bertz CT molecular complexity index is 384. The molecule has 4 heteroatoms. The first-order valence-corrected chi connectivity index (χ1v) is 6.33. The molecule has 0 fully saturated rings. The summed E-state index contributed by atoms with van der Waals surface area (Å²) < 4.78 is 5.75. The highest BCUT2D eigenvalue weighted by atomic mass is 79.9. The Hall–Kier alpha value is -1.16. The van der Waals surface area contributed by atoms with Gasteiger partial charge in [-0.3, -0.25) is 9.59 Å². The van der Waals surface area contributed by atoms with Gasteiger partial charge in [-0.15, -0.1) is 0 Å². The van der Waals surface area contributed by atoms with Crippen LogP contribution in [0.1, 0.15) is 25.3 Å². The maximum absolute atomic E-state index is 11.6. The lowest BCUT2D eigenvalue weighted by atomic mass is 10.1. The molecule has 0 heterocycles. The van der Waals surface area contributed by atoms with Gasteiger partial charge in [0.1, 0.15) is 5.78 Å². The summed E-state index contributed by atoms with van der Waals surface area (Å²) in [6, 6.07) is 7.58. The fraction of sp³-hybridized carbons (Fsp3) is 0.385. The second-order valence-electron chi connectivity index (χ2n) is 3.65. The SMILES string of the molecule is CCOC(=O)CCC(=O)Cc1ccc(Br)cc1. The Balaban J connectivity index is 2.34. The third kappa shape index (κ3) is 5.63. The Morgan fingerprint density at radius 1 is 1.18 bits per heavy atom. The third-order valence-corrected chi connectivity index (χ3v) is 2.76. The molecule has 0 unspecified atom stereocenters. The highest BCUT2D eigenvalue weighted by molar-refractivity contribution is 9.10. The van der Waals surface area contributed by atoms with Gasteiger partial charge < -0.3 is 4.74 Å². The van der Waals surface area contributed by atoms with E-state index in [9.17, 15) is 9.59 Å². The highest BCUT2D eigenvalue weighted by Gasteiger charge is 2.08. The van der Waals surface area contributed by atoms with Crippen LogP contribution in [-0.4, -0.2) is 18.4 Å². The summed E-state index contributed by atoms with van der Waals surface area (Å²) in [7, 11) is 0. The van der Waals surface area contributed by atoms with Crippen LogP contribution in [0.3, 0.4) is 0 Å². The molecule has 0 aliphatic heterocycles. The van der Waals surface area contributed by atoms with Crippen LogP contribution in [0.25, 0.3) is 0 Å². The average Bonchev–Trinajstić information content (AvgIpc) is 2.30. The molecule has 0 saturated heterocycles. The van der Waals surface area contributed by atoms with Crippen molar-refractivity contribution in [3.05, 3.63) is 34.3 Å². The van der Waals surface area contributed by atoms with E-state index >= 15 is 0 Å². The number of rotatable bonds is 6. The molecule has 0 aliphatic carbocycles. The summed E-state index contributed by atoms with van der Waals surface area (Å²) in [5.74, 6) is -0.253. The highest BCUT2D eigenvalue weighted by Crippen LogP contribution is 2.11. The van der Waals surface area contributed by atoms with Crippen molar-refractivity contribution >= 4 is 27.7 Å². The first-order chi connectivity index (χ1) is 8.11. The molecule has 1 rings (SSSR count). The van der Waals surface area contributed by atoms with Crippen molar-refractivity contribution in [2.75, 3.05) is 6.61 Å². The number of carbonyl (C=O) groups excluding carboxylic acids is 2. The molecule has 0 aliphatic rings. The standard InChI is InChI=1S/C13H15BrO3/c1-2-17-13(16)8-7-12(15)9-10-3-5-11(14)6-4-10/h3-6H,2,7-9H2,1H3. The van der Waals surface area contributed by atoms with Crippen LogP contribution in [-0.2, 0) is 20.7 Å². The van der Waals surface area contributed by atoms with Crippen molar-refractivity contribution in [1.82, 2.24) is 0 Å². The van der Waals surface area contributed by atoms with Gasteiger partial charge in [-0.05, 0) is 24.6 Å². The van der Waals surface area contributed by atoms with E-state index in [0.29, 0.717) is 13.0 Å². The van der Waals surface area contributed by atoms with Crippen molar-refractivity contribution in [3.63, 3.8) is 0 Å². The predicted molar refractivity (Wildman–Crippen MR) is 68.7 cm³/mol. The predicted octanol–water partition coefficient (Wildman–Crippen LogP) is 2.90. The van der Waals surface area contributed by atoms with Crippen LogP contribution < -0.4 is 0 Å². The van der Waals surface area contributed by atoms with E-state index < -0.39 is 0 Å². The van der Waals surface area contributed by atoms with Gasteiger partial charge >= 0.3 is 5.97 Å². The molecular formula is C13H15BrO3. The molecule has 0 saturated carbocycles. The lowest BCUT2D eigenvalue weighted by Crippen LogP contribution is -2.09. The number of ketones is 1. The Morgan fingerprint density at radius 3 is 2.41 bits per heavy atom. The second-order valence-corrected chi connectivity index (χ2v) is 4.56. The summed E-state index contributed by atoms with van der Waals surface area (Å²) in [5, 5.41) is 0. The van der Waals surface area contributed by atoms with Crippen molar-refractivity contribution in [1.29, 1.82) is 0 Å². The molecule has 0 N–H and O–H groups in total. The number of benzene rings is 1. The molecule has 0 radical (unpaired) electrons. The van der Waals surface area contributed by atoms with Gasteiger partial charge in [0, 0.05) is 17.3 Å². The monoisotopic (exact) mass is 298 g/mol. The Kier molecular flexibility index (Phi) is 5.91. The van der Waals surface area contributed by atoms with Gasteiger partial charge in [0.05, 0.1) is 13.0 Å². The number of esters is 1. The van der Waals surface area contributed by atoms with Crippen molar-refractivity contribution < 1.29 is 14.3 Å². The molecule has 0 atom stereocenters. The zero-order chi connectivity index (χ0) is 12.7. The summed E-state index contributed by atoms with van der Waals surface area (Å²) in [4.78, 5) is 22.7. The summed E-state index contributed by atoms with van der Waals surface area (Å²) in [5.41, 5.74) is 0.960. The van der Waals surface area contributed by atoms with E-state index in [4.69, 9.17) is 4.74 Å². The smallest absolute Gasteiger partial charge is 0.306 e. The fourth-order valence-corrected chi connectivity index (χ4v) is 1.66. The maximum Gasteiger partial charge on any atom is 0.306 e. The van der Waals surface area contributed by atoms with Gasteiger partial charge in [0.15, 0.2) is 0 Å². The second kappa shape index (κ2) is 7.22. The van der Waals surface area contributed by atoms with E-state index in [1.165, 1.54) is 0 Å². The minimum atomic E-state index is -0.309. The zero-order valence-electron chi connectivity index (χ0n) is 9.74. The molecule has 1 aromatic carbocycles. The van der Waals surface area contributed by atoms with Gasteiger partial charge in [-0.2, -0.15) is 0 Å². The van der Waals surface area contributed by atoms with Gasteiger partial charge in [0.25, 0.3) is 0 Å². The number of ether oxygens (including phenoxy) is 1. The number of carbonyl (C=O) groups is 2. The van der Waals surface area contributed by atoms with Crippen LogP contribution >= 0.6 is 15.9 Å². The Labute approximate surface area is 109 Å². The van der Waals surface area contributed by atoms with Crippen LogP contribution in [0, 0.1) is 0 Å². The molecule has 3 nitrogen and oxygen atoms in total. The molecule has 0 bridgehead atoms. The number of halogens is 1. The lowest BCUT2D eigenvalue weighted by Gasteiger charge is -2.02. The van der Waals surface area contributed by atoms with Crippen molar-refractivity contribution in [2.24, 2.45) is 0 Å². The van der Waals surface area contributed by atoms with Crippen LogP contribution in [0.15, 0.2) is 28.7 Å². The topological polar surface area (TPSA) is 43.4 Å². The number of hydrogen-bond acceptors (Lipinski definition) is 3. The summed E-state index contributed by atoms with van der Waals surface area (Å²) >= 11 is 3.33. The minimum Gasteiger partial charge on any atom is -0.466 e. The van der Waals surface area contributed by atoms with Crippen LogP contribution in [0.4, 0.5) is 0 Å². The van der Waals surface area contributed by atoms with E-state index in [-0.39, 0.29) is 24.6 Å². The largest absolute Gasteiger partial charge is 0.466 e. The Morgan fingerprint density at radius 2 is 1.82 bits per heavy atom. The van der Waals surface area contributed by atoms with E-state index in [1.54, 1.807) is 6.92 Å². The van der Waals surface area contributed by atoms with Gasteiger partial charge in [-0.25, -0.2) is 0 Å². The van der Waals surface area contributed by atoms with Crippen molar-refractivity contribution in [2.45, 2.75) is 26.2 Å². The van der Waals surface area contributed by atoms with Gasteiger partial charge in [0.2, 0.25) is 0 Å². The molecule has 1 aromatic rings. The van der Waals surface area contributed by atoms with Gasteiger partial charge in [-0.1, -0.05) is 28.1 Å². The van der Waals surface area contributed by atoms with Crippen molar-refractivity contribution in [3.8, 4) is 0 Å². The molecule has 0 amide bonds. The van der Waals surface area contributed by atoms with E-state index in [0.717, 1.165) is 10.0 Å². The normalized spacial score (nSPS) is 10.0. The molecule has 0 spiro atoms. The minimum absolute atomic E-state index is 0.0559. The first kappa shape index (κ1) is 13.9. The molecular weight excluding hydrogens is 284 g/mol. The molecule has 17 heavy (non-hydrogen) atoms. The fourth-order valence-electron chi connectivity index (χ4n) is 1.39. The first-order valence-electron chi connectivity index (χ1n) is 5.53. The van der Waals surface area contributed by atoms with E-state index in [2.05, 4.69) is 15.9 Å². The lowest BCUT2D eigenvalue weighted by molar-refractivity contribution is -0.144.